The summed E-state index contributed by atoms with van der Waals surface area (Å²) in [7, 11) is 0. The zero-order valence-electron chi connectivity index (χ0n) is 23.8. The first-order valence-corrected chi connectivity index (χ1v) is 13.8. The number of rotatable bonds is 10. The number of carbonyl (C=O) groups is 2. The first-order valence-electron chi connectivity index (χ1n) is 13.0. The van der Waals surface area contributed by atoms with Gasteiger partial charge < -0.3 is 15.2 Å². The number of carboxylic acid groups (broad SMARTS) is 1. The van der Waals surface area contributed by atoms with Crippen molar-refractivity contribution in [1.82, 2.24) is 5.32 Å². The van der Waals surface area contributed by atoms with Crippen LogP contribution in [0.2, 0.25) is 0 Å². The molecule has 0 saturated carbocycles. The second-order valence-corrected chi connectivity index (χ2v) is 12.0. The third-order valence-electron chi connectivity index (χ3n) is 6.16. The summed E-state index contributed by atoms with van der Waals surface area (Å²) < 4.78 is 44.8. The molecular formula is C31H38F3NO4S. The number of carbonyl (C=O) groups excluding carboxylic acids is 1. The summed E-state index contributed by atoms with van der Waals surface area (Å²) in [4.78, 5) is 21.1. The van der Waals surface area contributed by atoms with Crippen molar-refractivity contribution >= 4 is 23.7 Å². The lowest BCUT2D eigenvalue weighted by molar-refractivity contribution is -0.139. The second-order valence-electron chi connectivity index (χ2n) is 10.7. The van der Waals surface area contributed by atoms with Crippen LogP contribution >= 0.6 is 11.3 Å². The van der Waals surface area contributed by atoms with Crippen molar-refractivity contribution in [1.29, 1.82) is 0 Å². The van der Waals surface area contributed by atoms with Crippen molar-refractivity contribution in [2.24, 2.45) is 0 Å². The lowest BCUT2D eigenvalue weighted by atomic mass is 9.85. The molecule has 1 atom stereocenters. The molecule has 3 aromatic rings. The highest BCUT2D eigenvalue weighted by Gasteiger charge is 2.30. The van der Waals surface area contributed by atoms with Gasteiger partial charge in [-0.15, -0.1) is 11.3 Å². The van der Waals surface area contributed by atoms with Gasteiger partial charge in [-0.1, -0.05) is 45.0 Å². The molecule has 1 heterocycles. The van der Waals surface area contributed by atoms with Gasteiger partial charge in [0.1, 0.15) is 11.9 Å². The Kier molecular flexibility index (Phi) is 11.8. The van der Waals surface area contributed by atoms with Gasteiger partial charge >= 0.3 is 12.1 Å². The van der Waals surface area contributed by atoms with Crippen molar-refractivity contribution in [3.8, 4) is 16.9 Å². The monoisotopic (exact) mass is 577 g/mol. The van der Waals surface area contributed by atoms with E-state index in [1.807, 2.05) is 45.0 Å². The third kappa shape index (κ3) is 10.7. The average Bonchev–Trinajstić information content (AvgIpc) is 3.27. The van der Waals surface area contributed by atoms with Crippen molar-refractivity contribution < 1.29 is 32.6 Å². The Labute approximate surface area is 238 Å². The van der Waals surface area contributed by atoms with Gasteiger partial charge in [0.2, 0.25) is 6.41 Å². The summed E-state index contributed by atoms with van der Waals surface area (Å²) in [6.45, 7) is 12.8. The maximum atomic E-state index is 12.9. The SMILES string of the molecule is Cc1ccc(C(CCC(F)(F)F)Oc2cc(C)c(-c3ccc(C(C)(C)C)cc3)c(C)c2)s1.O=CNCCC(=O)O. The van der Waals surface area contributed by atoms with Gasteiger partial charge in [-0.2, -0.15) is 13.2 Å². The van der Waals surface area contributed by atoms with Crippen LogP contribution < -0.4 is 10.1 Å². The highest BCUT2D eigenvalue weighted by Crippen LogP contribution is 2.37. The second kappa shape index (κ2) is 14.3. The van der Waals surface area contributed by atoms with Gasteiger partial charge in [0.05, 0.1) is 6.42 Å². The first-order chi connectivity index (χ1) is 18.6. The first kappa shape index (κ1) is 32.9. The summed E-state index contributed by atoms with van der Waals surface area (Å²) >= 11 is 1.48. The van der Waals surface area contributed by atoms with E-state index in [9.17, 15) is 22.8 Å². The Bertz CT molecular complexity index is 1240. The molecule has 1 unspecified atom stereocenters. The van der Waals surface area contributed by atoms with Crippen LogP contribution in [0.1, 0.15) is 72.6 Å². The Morgan fingerprint density at radius 2 is 1.62 bits per heavy atom. The van der Waals surface area contributed by atoms with Crippen LogP contribution in [0.25, 0.3) is 11.1 Å². The van der Waals surface area contributed by atoms with Crippen LogP contribution in [0.3, 0.4) is 0 Å². The number of alkyl halides is 3. The van der Waals surface area contributed by atoms with E-state index in [-0.39, 0.29) is 24.8 Å². The number of nitrogens with one attached hydrogen (secondary N) is 1. The number of benzene rings is 2. The van der Waals surface area contributed by atoms with E-state index < -0.39 is 24.7 Å². The number of aryl methyl sites for hydroxylation is 3. The zero-order valence-corrected chi connectivity index (χ0v) is 24.6. The molecule has 0 saturated heterocycles. The molecule has 2 aromatic carbocycles. The van der Waals surface area contributed by atoms with Gasteiger partial charge in [0, 0.05) is 22.7 Å². The van der Waals surface area contributed by atoms with E-state index in [0.29, 0.717) is 12.2 Å². The van der Waals surface area contributed by atoms with Crippen LogP contribution in [0.15, 0.2) is 48.5 Å². The molecule has 5 nitrogen and oxygen atoms in total. The molecule has 2 N–H and O–H groups in total. The van der Waals surface area contributed by atoms with Crippen LogP contribution in [-0.2, 0) is 15.0 Å². The van der Waals surface area contributed by atoms with Crippen molar-refractivity contribution in [2.75, 3.05) is 6.54 Å². The summed E-state index contributed by atoms with van der Waals surface area (Å²) in [6, 6.07) is 16.2. The summed E-state index contributed by atoms with van der Waals surface area (Å²) in [5.41, 5.74) is 5.71. The fourth-order valence-corrected chi connectivity index (χ4v) is 5.11. The predicted molar refractivity (Wildman–Crippen MR) is 154 cm³/mol. The lowest BCUT2D eigenvalue weighted by Crippen LogP contribution is -2.15. The van der Waals surface area contributed by atoms with E-state index in [1.165, 1.54) is 16.9 Å². The van der Waals surface area contributed by atoms with Crippen molar-refractivity contribution in [3.05, 3.63) is 75.0 Å². The van der Waals surface area contributed by atoms with E-state index in [1.54, 1.807) is 0 Å². The van der Waals surface area contributed by atoms with Crippen molar-refractivity contribution in [2.45, 2.75) is 78.5 Å². The summed E-state index contributed by atoms with van der Waals surface area (Å²) in [5.74, 6) is -0.298. The molecule has 9 heteroatoms. The van der Waals surface area contributed by atoms with Crippen LogP contribution in [0, 0.1) is 20.8 Å². The number of hydrogen-bond donors (Lipinski definition) is 2. The smallest absolute Gasteiger partial charge is 0.389 e. The molecule has 3 rings (SSSR count). The summed E-state index contributed by atoms with van der Waals surface area (Å²) in [6.07, 6.45) is -5.33. The highest BCUT2D eigenvalue weighted by atomic mass is 32.1. The average molecular weight is 578 g/mol. The minimum absolute atomic E-state index is 0.0151. The molecular weight excluding hydrogens is 539 g/mol. The fraction of sp³-hybridized carbons (Fsp3) is 0.419. The summed E-state index contributed by atoms with van der Waals surface area (Å²) in [5, 5.41) is 10.2. The molecule has 0 fully saturated rings. The van der Waals surface area contributed by atoms with E-state index in [4.69, 9.17) is 9.84 Å². The molecule has 0 radical (unpaired) electrons. The largest absolute Gasteiger partial charge is 0.485 e. The standard InChI is InChI=1S/C27H31F3OS.C4H7NO3/c1-17-15-22(31-23(13-14-27(28,29)30)24-12-7-19(3)32-24)16-18(2)25(17)20-8-10-21(11-9-20)26(4,5)6;6-3-5-2-1-4(7)8/h7-12,15-16,23H,13-14H2,1-6H3;3H,1-2H2,(H,5,6)(H,7,8). The third-order valence-corrected chi connectivity index (χ3v) is 7.25. The Morgan fingerprint density at radius 3 is 2.08 bits per heavy atom. The quantitative estimate of drug-likeness (QED) is 0.188. The number of halogens is 3. The minimum Gasteiger partial charge on any atom is -0.485 e. The molecule has 218 valence electrons. The Hall–Kier alpha value is -3.33. The molecule has 40 heavy (non-hydrogen) atoms. The Morgan fingerprint density at radius 1 is 1.02 bits per heavy atom. The molecule has 0 aliphatic heterocycles. The van der Waals surface area contributed by atoms with Gasteiger partial charge in [-0.05, 0) is 84.7 Å². The molecule has 0 aliphatic rings. The lowest BCUT2D eigenvalue weighted by Gasteiger charge is -2.22. The Balaban J connectivity index is 0.000000611. The molecule has 1 aromatic heterocycles. The molecule has 1 amide bonds. The van der Waals surface area contributed by atoms with E-state index in [0.717, 1.165) is 32.0 Å². The molecule has 0 spiro atoms. The van der Waals surface area contributed by atoms with E-state index in [2.05, 4.69) is 50.4 Å². The van der Waals surface area contributed by atoms with Gasteiger partial charge in [0.25, 0.3) is 0 Å². The van der Waals surface area contributed by atoms with E-state index >= 15 is 0 Å². The predicted octanol–water partition coefficient (Wildman–Crippen LogP) is 8.31. The molecule has 0 aliphatic carbocycles. The van der Waals surface area contributed by atoms with Gasteiger partial charge in [-0.3, -0.25) is 9.59 Å². The number of thiophene rings is 1. The minimum atomic E-state index is -4.21. The van der Waals surface area contributed by atoms with Gasteiger partial charge in [-0.25, -0.2) is 0 Å². The number of amides is 1. The zero-order chi connectivity index (χ0) is 30.1. The fourth-order valence-electron chi connectivity index (χ4n) is 4.17. The molecule has 0 bridgehead atoms. The highest BCUT2D eigenvalue weighted by molar-refractivity contribution is 7.12. The topological polar surface area (TPSA) is 75.6 Å². The number of hydrogen-bond acceptors (Lipinski definition) is 4. The number of carboxylic acids is 1. The van der Waals surface area contributed by atoms with Crippen molar-refractivity contribution in [3.63, 3.8) is 0 Å². The van der Waals surface area contributed by atoms with Crippen LogP contribution in [0.4, 0.5) is 13.2 Å². The maximum absolute atomic E-state index is 12.9. The van der Waals surface area contributed by atoms with Gasteiger partial charge in [0.15, 0.2) is 0 Å². The maximum Gasteiger partial charge on any atom is 0.389 e. The number of ether oxygens (including phenoxy) is 1. The van der Waals surface area contributed by atoms with Crippen LogP contribution in [0.5, 0.6) is 5.75 Å². The number of aliphatic carboxylic acids is 1. The van der Waals surface area contributed by atoms with Crippen LogP contribution in [-0.4, -0.2) is 30.2 Å². The normalized spacial score (nSPS) is 12.2.